The van der Waals surface area contributed by atoms with E-state index in [0.29, 0.717) is 6.61 Å². The fraction of sp³-hybridized carbons (Fsp3) is 0.917. The van der Waals surface area contributed by atoms with E-state index in [0.717, 1.165) is 26.1 Å². The summed E-state index contributed by atoms with van der Waals surface area (Å²) in [7, 11) is 0. The predicted octanol–water partition coefficient (Wildman–Crippen LogP) is 0.890. The van der Waals surface area contributed by atoms with Gasteiger partial charge in [0, 0.05) is 0 Å². The van der Waals surface area contributed by atoms with Gasteiger partial charge in [-0.25, -0.2) is 0 Å². The van der Waals surface area contributed by atoms with E-state index in [1.165, 1.54) is 4.90 Å². The van der Waals surface area contributed by atoms with Crippen molar-refractivity contribution in [2.45, 2.75) is 41.0 Å². The first-order valence-electron chi connectivity index (χ1n) is 5.98. The van der Waals surface area contributed by atoms with Crippen molar-refractivity contribution in [1.82, 2.24) is 0 Å². The van der Waals surface area contributed by atoms with Crippen molar-refractivity contribution in [3.63, 3.8) is 0 Å². The van der Waals surface area contributed by atoms with Gasteiger partial charge in [-0.1, -0.05) is 6.92 Å². The molecule has 0 heterocycles. The van der Waals surface area contributed by atoms with E-state index in [4.69, 9.17) is 4.74 Å². The number of nitrogens with one attached hydrogen (secondary N) is 1. The Morgan fingerprint density at radius 3 is 2.13 bits per heavy atom. The van der Waals surface area contributed by atoms with Crippen LogP contribution in [0.15, 0.2) is 0 Å². The number of likely N-dealkylation sites (N-methyl/N-ethyl adjacent to an activating group) is 1. The van der Waals surface area contributed by atoms with Crippen molar-refractivity contribution in [2.24, 2.45) is 5.41 Å². The summed E-state index contributed by atoms with van der Waals surface area (Å²) in [5, 5.41) is 0. The topological polar surface area (TPSA) is 30.7 Å². The van der Waals surface area contributed by atoms with Crippen LogP contribution in [0.4, 0.5) is 0 Å². The number of esters is 1. The largest absolute Gasteiger partial charge is 0.459 e. The van der Waals surface area contributed by atoms with E-state index < -0.39 is 0 Å². The maximum Gasteiger partial charge on any atom is 0.311 e. The van der Waals surface area contributed by atoms with Crippen molar-refractivity contribution in [2.75, 3.05) is 26.2 Å². The molecular formula is C12H26NO2+. The van der Waals surface area contributed by atoms with Crippen LogP contribution in [0.5, 0.6) is 0 Å². The van der Waals surface area contributed by atoms with Gasteiger partial charge in [0.25, 0.3) is 0 Å². The lowest BCUT2D eigenvalue weighted by Gasteiger charge is -2.21. The Hall–Kier alpha value is -0.570. The minimum atomic E-state index is -0.335. The fourth-order valence-corrected chi connectivity index (χ4v) is 1.23. The molecule has 0 aromatic rings. The van der Waals surface area contributed by atoms with Crippen molar-refractivity contribution < 1.29 is 14.4 Å². The fourth-order valence-electron chi connectivity index (χ4n) is 1.23. The first kappa shape index (κ1) is 14.4. The molecule has 0 rings (SSSR count). The number of hydrogen-bond donors (Lipinski definition) is 1. The molecule has 15 heavy (non-hydrogen) atoms. The van der Waals surface area contributed by atoms with Crippen LogP contribution in [0.25, 0.3) is 0 Å². The zero-order chi connectivity index (χ0) is 11.9. The predicted molar refractivity (Wildman–Crippen MR) is 61.9 cm³/mol. The van der Waals surface area contributed by atoms with Crippen LogP contribution < -0.4 is 4.90 Å². The monoisotopic (exact) mass is 216 g/mol. The molecule has 0 atom stereocenters. The molecule has 0 amide bonds. The van der Waals surface area contributed by atoms with Crippen LogP contribution in [-0.2, 0) is 9.53 Å². The van der Waals surface area contributed by atoms with Gasteiger partial charge >= 0.3 is 5.97 Å². The maximum absolute atomic E-state index is 11.6. The quantitative estimate of drug-likeness (QED) is 0.641. The van der Waals surface area contributed by atoms with Crippen molar-refractivity contribution >= 4 is 5.97 Å². The Morgan fingerprint density at radius 1 is 1.20 bits per heavy atom. The minimum absolute atomic E-state index is 0.0726. The first-order valence-corrected chi connectivity index (χ1v) is 5.98. The molecule has 1 N–H and O–H groups in total. The lowest BCUT2D eigenvalue weighted by Crippen LogP contribution is -3.11. The number of hydrogen-bond acceptors (Lipinski definition) is 2. The summed E-state index contributed by atoms with van der Waals surface area (Å²) < 4.78 is 5.27. The maximum atomic E-state index is 11.6. The Kier molecular flexibility index (Phi) is 6.57. The van der Waals surface area contributed by atoms with E-state index in [1.54, 1.807) is 0 Å². The lowest BCUT2D eigenvalue weighted by atomic mass is 9.91. The summed E-state index contributed by atoms with van der Waals surface area (Å²) in [6, 6.07) is 0. The second kappa shape index (κ2) is 6.83. The molecule has 0 aliphatic carbocycles. The third kappa shape index (κ3) is 5.17. The van der Waals surface area contributed by atoms with Gasteiger partial charge in [0.1, 0.15) is 13.2 Å². The number of quaternary nitrogens is 1. The molecule has 3 heteroatoms. The zero-order valence-electron chi connectivity index (χ0n) is 10.9. The Balaban J connectivity index is 3.82. The number of ether oxygens (including phenoxy) is 1. The van der Waals surface area contributed by atoms with E-state index in [-0.39, 0.29) is 11.4 Å². The van der Waals surface area contributed by atoms with Gasteiger partial charge in [0.2, 0.25) is 0 Å². The Morgan fingerprint density at radius 2 is 1.73 bits per heavy atom. The number of carbonyl (C=O) groups is 1. The molecule has 90 valence electrons. The smallest absolute Gasteiger partial charge is 0.311 e. The second-order valence-corrected chi connectivity index (χ2v) is 4.58. The third-order valence-electron chi connectivity index (χ3n) is 3.13. The number of rotatable bonds is 7. The summed E-state index contributed by atoms with van der Waals surface area (Å²) in [5.41, 5.74) is -0.335. The molecule has 0 aromatic heterocycles. The first-order chi connectivity index (χ1) is 6.97. The van der Waals surface area contributed by atoms with Crippen LogP contribution in [0.1, 0.15) is 41.0 Å². The van der Waals surface area contributed by atoms with E-state index >= 15 is 0 Å². The molecule has 0 bridgehead atoms. The van der Waals surface area contributed by atoms with Gasteiger partial charge in [0.15, 0.2) is 0 Å². The SMILES string of the molecule is CC[NH+](CC)CCOC(=O)C(C)(C)CC. The van der Waals surface area contributed by atoms with Crippen LogP contribution >= 0.6 is 0 Å². The van der Waals surface area contributed by atoms with Crippen LogP contribution in [0.2, 0.25) is 0 Å². The van der Waals surface area contributed by atoms with Crippen molar-refractivity contribution in [3.05, 3.63) is 0 Å². The van der Waals surface area contributed by atoms with Gasteiger partial charge in [-0.3, -0.25) is 4.79 Å². The van der Waals surface area contributed by atoms with Crippen molar-refractivity contribution in [1.29, 1.82) is 0 Å². The van der Waals surface area contributed by atoms with Crippen LogP contribution in [0, 0.1) is 5.41 Å². The summed E-state index contributed by atoms with van der Waals surface area (Å²) in [5.74, 6) is -0.0726. The van der Waals surface area contributed by atoms with Gasteiger partial charge in [-0.15, -0.1) is 0 Å². The van der Waals surface area contributed by atoms with Gasteiger partial charge in [0.05, 0.1) is 18.5 Å². The van der Waals surface area contributed by atoms with E-state index in [2.05, 4.69) is 13.8 Å². The molecule has 0 saturated heterocycles. The molecular weight excluding hydrogens is 190 g/mol. The summed E-state index contributed by atoms with van der Waals surface area (Å²) >= 11 is 0. The van der Waals surface area contributed by atoms with Crippen molar-refractivity contribution in [3.8, 4) is 0 Å². The summed E-state index contributed by atoms with van der Waals surface area (Å²) in [6.07, 6.45) is 0.823. The second-order valence-electron chi connectivity index (χ2n) is 4.58. The minimum Gasteiger partial charge on any atom is -0.459 e. The highest BCUT2D eigenvalue weighted by atomic mass is 16.5. The highest BCUT2D eigenvalue weighted by Crippen LogP contribution is 2.20. The third-order valence-corrected chi connectivity index (χ3v) is 3.13. The molecule has 0 saturated carbocycles. The molecule has 0 spiro atoms. The Labute approximate surface area is 93.8 Å². The Bertz CT molecular complexity index is 186. The standard InChI is InChI=1S/C12H25NO2/c1-6-12(4,5)11(14)15-10-9-13(7-2)8-3/h6-10H2,1-5H3/p+1. The normalized spacial score (nSPS) is 11.9. The van der Waals surface area contributed by atoms with Gasteiger partial charge in [-0.2, -0.15) is 0 Å². The molecule has 0 aliphatic rings. The molecule has 0 aliphatic heterocycles. The number of carbonyl (C=O) groups excluding carboxylic acids is 1. The summed E-state index contributed by atoms with van der Waals surface area (Å²) in [4.78, 5) is 13.1. The van der Waals surface area contributed by atoms with Crippen LogP contribution in [-0.4, -0.2) is 32.2 Å². The summed E-state index contributed by atoms with van der Waals surface area (Å²) in [6.45, 7) is 13.8. The highest BCUT2D eigenvalue weighted by Gasteiger charge is 2.27. The average molecular weight is 216 g/mol. The zero-order valence-corrected chi connectivity index (χ0v) is 10.9. The van der Waals surface area contributed by atoms with Crippen LogP contribution in [0.3, 0.4) is 0 Å². The highest BCUT2D eigenvalue weighted by molar-refractivity contribution is 5.75. The molecule has 0 aromatic carbocycles. The average Bonchev–Trinajstić information content (AvgIpc) is 2.24. The van der Waals surface area contributed by atoms with E-state index in [1.807, 2.05) is 20.8 Å². The molecule has 3 nitrogen and oxygen atoms in total. The van der Waals surface area contributed by atoms with E-state index in [9.17, 15) is 4.79 Å². The lowest BCUT2D eigenvalue weighted by molar-refractivity contribution is -0.896. The van der Waals surface area contributed by atoms with Gasteiger partial charge in [-0.05, 0) is 34.1 Å². The molecule has 0 radical (unpaired) electrons. The molecule has 0 unspecified atom stereocenters. The molecule has 0 fully saturated rings. The van der Waals surface area contributed by atoms with Gasteiger partial charge < -0.3 is 9.64 Å².